The monoisotopic (exact) mass is 549 g/mol. The van der Waals surface area contributed by atoms with Crippen LogP contribution in [0.1, 0.15) is 0 Å². The van der Waals surface area contributed by atoms with Crippen molar-refractivity contribution in [1.29, 1.82) is 0 Å². The molecule has 0 amide bonds. The largest absolute Gasteiger partial charge is 0.309 e. The number of benzene rings is 5. The van der Waals surface area contributed by atoms with Crippen LogP contribution in [0.2, 0.25) is 0 Å². The quantitative estimate of drug-likeness (QED) is 0.202. The van der Waals surface area contributed by atoms with Gasteiger partial charge in [-0.2, -0.15) is 0 Å². The highest BCUT2D eigenvalue weighted by Gasteiger charge is 2.22. The molecule has 5 aromatic carbocycles. The Morgan fingerprint density at radius 2 is 1.16 bits per heavy atom. The van der Waals surface area contributed by atoms with Gasteiger partial charge in [0.05, 0.1) is 33.1 Å². The van der Waals surface area contributed by atoms with Gasteiger partial charge in [-0.1, -0.05) is 60.7 Å². The lowest BCUT2D eigenvalue weighted by Crippen LogP contribution is -1.96. The van der Waals surface area contributed by atoms with E-state index in [1.54, 1.807) is 0 Å². The average molecular weight is 550 g/mol. The molecule has 0 atom stereocenters. The third kappa shape index (κ3) is 2.95. The second-order valence-corrected chi connectivity index (χ2v) is 11.1. The zero-order valence-corrected chi connectivity index (χ0v) is 23.0. The lowest BCUT2D eigenvalue weighted by atomic mass is 10.1. The number of hydrogen-bond acceptors (Lipinski definition) is 2. The van der Waals surface area contributed by atoms with Crippen molar-refractivity contribution in [3.8, 4) is 11.4 Å². The van der Waals surface area contributed by atoms with Gasteiger partial charge >= 0.3 is 0 Å². The molecule has 200 valence electrons. The van der Waals surface area contributed by atoms with E-state index in [2.05, 4.69) is 135 Å². The van der Waals surface area contributed by atoms with Crippen LogP contribution < -0.4 is 0 Å². The molecule has 43 heavy (non-hydrogen) atoms. The molecule has 10 rings (SSSR count). The number of para-hydroxylation sites is 3. The summed E-state index contributed by atoms with van der Waals surface area (Å²) in [5.41, 5.74) is 10.0. The second-order valence-electron chi connectivity index (χ2n) is 11.1. The summed E-state index contributed by atoms with van der Waals surface area (Å²) in [5, 5.41) is 7.07. The average Bonchev–Trinajstić information content (AvgIpc) is 3.78. The zero-order chi connectivity index (χ0) is 28.1. The molecular formula is C38H23N5. The number of hydrogen-bond donors (Lipinski definition) is 0. The van der Waals surface area contributed by atoms with E-state index >= 15 is 0 Å². The van der Waals surface area contributed by atoms with Gasteiger partial charge in [0.25, 0.3) is 0 Å². The molecule has 5 heterocycles. The SMILES string of the molecule is c1ccc(-n2c3ccccc3c3c2ccc2c4cc5c(cc4n(-c4ccccc4)c23)c2ncccc2c2nccn52)cc1. The first-order chi connectivity index (χ1) is 21.4. The maximum Gasteiger partial charge on any atom is 0.146 e. The summed E-state index contributed by atoms with van der Waals surface area (Å²) >= 11 is 0. The fourth-order valence-corrected chi connectivity index (χ4v) is 7.18. The van der Waals surface area contributed by atoms with E-state index in [1.165, 1.54) is 38.1 Å². The van der Waals surface area contributed by atoms with Crippen LogP contribution in [0.3, 0.4) is 0 Å². The first-order valence-corrected chi connectivity index (χ1v) is 14.5. The van der Waals surface area contributed by atoms with Crippen LogP contribution in [0.5, 0.6) is 0 Å². The molecule has 0 aliphatic carbocycles. The molecule has 0 N–H and O–H groups in total. The molecule has 5 aromatic heterocycles. The molecular weight excluding hydrogens is 526 g/mol. The Morgan fingerprint density at radius 3 is 2.00 bits per heavy atom. The molecule has 0 aliphatic rings. The summed E-state index contributed by atoms with van der Waals surface area (Å²) < 4.78 is 7.03. The fraction of sp³-hybridized carbons (Fsp3) is 0. The summed E-state index contributed by atoms with van der Waals surface area (Å²) in [6.45, 7) is 0. The van der Waals surface area contributed by atoms with Crippen LogP contribution in [0.15, 0.2) is 140 Å². The van der Waals surface area contributed by atoms with Crippen LogP contribution in [0.4, 0.5) is 0 Å². The predicted molar refractivity (Wildman–Crippen MR) is 177 cm³/mol. The highest BCUT2D eigenvalue weighted by molar-refractivity contribution is 6.27. The number of rotatable bonds is 2. The van der Waals surface area contributed by atoms with Crippen LogP contribution in [0, 0.1) is 0 Å². The van der Waals surface area contributed by atoms with Crippen LogP contribution in [-0.2, 0) is 0 Å². The first-order valence-electron chi connectivity index (χ1n) is 14.5. The van der Waals surface area contributed by atoms with Crippen molar-refractivity contribution in [2.24, 2.45) is 0 Å². The molecule has 5 nitrogen and oxygen atoms in total. The van der Waals surface area contributed by atoms with Crippen LogP contribution in [0.25, 0.3) is 82.4 Å². The standard InChI is InChI=1S/C38H23N5/c1-3-10-24(11-4-1)42-31-16-8-7-14-27(31)35-32(42)18-17-26-29-22-33-30(23-34(29)43(37(26)35)25-12-5-2-6-13-25)36-28(15-9-19-39-36)38-40-20-21-41(33)38/h1-23H. The summed E-state index contributed by atoms with van der Waals surface area (Å²) in [6.07, 6.45) is 5.80. The maximum absolute atomic E-state index is 4.86. The van der Waals surface area contributed by atoms with E-state index in [-0.39, 0.29) is 0 Å². The van der Waals surface area contributed by atoms with Gasteiger partial charge in [-0.05, 0) is 60.7 Å². The first kappa shape index (κ1) is 22.7. The lowest BCUT2D eigenvalue weighted by Gasteiger charge is -2.11. The highest BCUT2D eigenvalue weighted by atomic mass is 15.0. The van der Waals surface area contributed by atoms with Crippen molar-refractivity contribution < 1.29 is 0 Å². The van der Waals surface area contributed by atoms with Crippen molar-refractivity contribution in [3.63, 3.8) is 0 Å². The van der Waals surface area contributed by atoms with Gasteiger partial charge in [0, 0.05) is 62.3 Å². The molecule has 0 unspecified atom stereocenters. The molecule has 5 heteroatoms. The van der Waals surface area contributed by atoms with E-state index in [0.717, 1.165) is 44.3 Å². The van der Waals surface area contributed by atoms with E-state index in [9.17, 15) is 0 Å². The number of fused-ring (bicyclic) bond motifs is 13. The summed E-state index contributed by atoms with van der Waals surface area (Å²) in [5.74, 6) is 0. The summed E-state index contributed by atoms with van der Waals surface area (Å²) in [7, 11) is 0. The normalized spacial score (nSPS) is 12.2. The number of imidazole rings is 1. The van der Waals surface area contributed by atoms with Crippen molar-refractivity contribution in [1.82, 2.24) is 23.5 Å². The minimum absolute atomic E-state index is 0.926. The Labute approximate surface area is 245 Å². The van der Waals surface area contributed by atoms with Crippen molar-refractivity contribution in [3.05, 3.63) is 140 Å². The Balaban J connectivity index is 1.48. The molecule has 0 fully saturated rings. The Hall–Kier alpha value is -5.94. The third-order valence-electron chi connectivity index (χ3n) is 8.91. The maximum atomic E-state index is 4.86. The number of aromatic nitrogens is 5. The Bertz CT molecular complexity index is 2710. The van der Waals surface area contributed by atoms with Crippen LogP contribution >= 0.6 is 0 Å². The van der Waals surface area contributed by atoms with Gasteiger partial charge in [-0.15, -0.1) is 0 Å². The summed E-state index contributed by atoms with van der Waals surface area (Å²) in [6, 6.07) is 43.5. The van der Waals surface area contributed by atoms with Gasteiger partial charge < -0.3 is 9.13 Å². The second kappa shape index (κ2) is 8.30. The van der Waals surface area contributed by atoms with E-state index in [0.29, 0.717) is 0 Å². The number of nitrogens with zero attached hydrogens (tertiary/aromatic N) is 5. The summed E-state index contributed by atoms with van der Waals surface area (Å²) in [4.78, 5) is 9.58. The number of pyridine rings is 2. The highest BCUT2D eigenvalue weighted by Crippen LogP contribution is 2.43. The molecule has 0 aliphatic heterocycles. The third-order valence-corrected chi connectivity index (χ3v) is 8.91. The van der Waals surface area contributed by atoms with Crippen molar-refractivity contribution >= 4 is 71.1 Å². The van der Waals surface area contributed by atoms with Crippen molar-refractivity contribution in [2.45, 2.75) is 0 Å². The van der Waals surface area contributed by atoms with Crippen LogP contribution in [-0.4, -0.2) is 23.5 Å². The molecule has 0 radical (unpaired) electrons. The zero-order valence-electron chi connectivity index (χ0n) is 23.0. The smallest absolute Gasteiger partial charge is 0.146 e. The molecule has 0 saturated carbocycles. The van der Waals surface area contributed by atoms with Gasteiger partial charge in [0.2, 0.25) is 0 Å². The minimum Gasteiger partial charge on any atom is -0.309 e. The van der Waals surface area contributed by atoms with E-state index < -0.39 is 0 Å². The lowest BCUT2D eigenvalue weighted by molar-refractivity contribution is 1.17. The van der Waals surface area contributed by atoms with E-state index in [4.69, 9.17) is 9.97 Å². The minimum atomic E-state index is 0.926. The fourth-order valence-electron chi connectivity index (χ4n) is 7.18. The Morgan fingerprint density at radius 1 is 0.442 bits per heavy atom. The van der Waals surface area contributed by atoms with Gasteiger partial charge in [-0.25, -0.2) is 4.98 Å². The van der Waals surface area contributed by atoms with E-state index in [1.807, 2.05) is 18.5 Å². The topological polar surface area (TPSA) is 40.0 Å². The molecule has 0 saturated heterocycles. The molecule has 0 spiro atoms. The molecule has 0 bridgehead atoms. The molecule has 10 aromatic rings. The van der Waals surface area contributed by atoms with Gasteiger partial charge in [-0.3, -0.25) is 9.38 Å². The van der Waals surface area contributed by atoms with Gasteiger partial charge in [0.15, 0.2) is 0 Å². The van der Waals surface area contributed by atoms with Crippen molar-refractivity contribution in [2.75, 3.05) is 0 Å². The predicted octanol–water partition coefficient (Wildman–Crippen LogP) is 9.23. The van der Waals surface area contributed by atoms with Gasteiger partial charge in [0.1, 0.15) is 5.65 Å². The Kier molecular flexibility index (Phi) is 4.39.